The molecule has 0 aromatic heterocycles. The van der Waals surface area contributed by atoms with E-state index in [1.807, 2.05) is 31.2 Å². The summed E-state index contributed by atoms with van der Waals surface area (Å²) in [6.45, 7) is 1.56. The molecule has 1 heterocycles. The number of imide groups is 1. The van der Waals surface area contributed by atoms with Crippen molar-refractivity contribution < 1.29 is 19.1 Å². The van der Waals surface area contributed by atoms with Crippen LogP contribution in [-0.4, -0.2) is 36.4 Å². The van der Waals surface area contributed by atoms with E-state index in [0.29, 0.717) is 11.4 Å². The van der Waals surface area contributed by atoms with Gasteiger partial charge >= 0.3 is 6.03 Å². The Hall–Kier alpha value is -3.61. The topological polar surface area (TPSA) is 87.7 Å². The predicted molar refractivity (Wildman–Crippen MR) is 101 cm³/mol. The number of rotatable bonds is 5. The average Bonchev–Trinajstić information content (AvgIpc) is 2.91. The van der Waals surface area contributed by atoms with E-state index in [-0.39, 0.29) is 5.70 Å². The molecule has 0 atom stereocenters. The number of amides is 4. The fourth-order valence-corrected chi connectivity index (χ4v) is 2.63. The van der Waals surface area contributed by atoms with E-state index in [0.717, 1.165) is 16.0 Å². The number of ether oxygens (including phenoxy) is 1. The smallest absolute Gasteiger partial charge is 0.329 e. The van der Waals surface area contributed by atoms with Crippen LogP contribution < -0.4 is 15.4 Å². The fourth-order valence-electron chi connectivity index (χ4n) is 2.63. The maximum atomic E-state index is 12.5. The zero-order valence-corrected chi connectivity index (χ0v) is 15.0. The normalized spacial score (nSPS) is 15.0. The van der Waals surface area contributed by atoms with Gasteiger partial charge < -0.3 is 15.4 Å². The van der Waals surface area contributed by atoms with Crippen LogP contribution in [0.25, 0.3) is 6.08 Å². The van der Waals surface area contributed by atoms with Gasteiger partial charge in [0.05, 0.1) is 12.8 Å². The van der Waals surface area contributed by atoms with Gasteiger partial charge in [0.15, 0.2) is 0 Å². The summed E-state index contributed by atoms with van der Waals surface area (Å²) < 4.78 is 5.17. The molecule has 0 aliphatic carbocycles. The van der Waals surface area contributed by atoms with Crippen molar-refractivity contribution in [1.82, 2.24) is 10.2 Å². The first-order valence-electron chi connectivity index (χ1n) is 8.32. The van der Waals surface area contributed by atoms with E-state index >= 15 is 0 Å². The molecule has 0 spiro atoms. The molecule has 0 saturated carbocycles. The first-order chi connectivity index (χ1) is 13.0. The Bertz CT molecular complexity index is 919. The zero-order chi connectivity index (χ0) is 19.4. The van der Waals surface area contributed by atoms with Gasteiger partial charge in [-0.1, -0.05) is 42.0 Å². The second kappa shape index (κ2) is 7.74. The standard InChI is InChI=1S/C20H19N3O4/c1-13-7-9-14(10-8-13)11-16-19(25)23(20(26)22-16)12-18(24)21-15-5-3-4-6-17(15)27-2/h3-11H,12H2,1-2H3,(H,21,24)(H,22,26)/b16-11+. The number of carbonyl (C=O) groups excluding carboxylic acids is 3. The maximum absolute atomic E-state index is 12.5. The Morgan fingerprint density at radius 2 is 1.85 bits per heavy atom. The van der Waals surface area contributed by atoms with Crippen LogP contribution in [0.4, 0.5) is 10.5 Å². The van der Waals surface area contributed by atoms with Gasteiger partial charge in [-0.05, 0) is 30.7 Å². The minimum Gasteiger partial charge on any atom is -0.495 e. The number of nitrogens with zero attached hydrogens (tertiary/aromatic N) is 1. The largest absolute Gasteiger partial charge is 0.495 e. The van der Waals surface area contributed by atoms with Crippen LogP contribution in [0.1, 0.15) is 11.1 Å². The number of para-hydroxylation sites is 2. The summed E-state index contributed by atoms with van der Waals surface area (Å²) in [4.78, 5) is 37.7. The van der Waals surface area contributed by atoms with Gasteiger partial charge in [0.25, 0.3) is 5.91 Å². The SMILES string of the molecule is COc1ccccc1NC(=O)CN1C(=O)N/C(=C/c2ccc(C)cc2)C1=O. The Morgan fingerprint density at radius 1 is 1.15 bits per heavy atom. The highest BCUT2D eigenvalue weighted by Crippen LogP contribution is 2.23. The van der Waals surface area contributed by atoms with E-state index in [2.05, 4.69) is 10.6 Å². The highest BCUT2D eigenvalue weighted by atomic mass is 16.5. The van der Waals surface area contributed by atoms with Gasteiger partial charge in [-0.25, -0.2) is 9.69 Å². The van der Waals surface area contributed by atoms with Crippen LogP contribution in [0.15, 0.2) is 54.2 Å². The second-order valence-electron chi connectivity index (χ2n) is 6.04. The van der Waals surface area contributed by atoms with Gasteiger partial charge in [-0.2, -0.15) is 0 Å². The average molecular weight is 365 g/mol. The van der Waals surface area contributed by atoms with Crippen molar-refractivity contribution in [3.05, 3.63) is 65.4 Å². The molecule has 0 unspecified atom stereocenters. The van der Waals surface area contributed by atoms with Gasteiger partial charge in [0.2, 0.25) is 5.91 Å². The van der Waals surface area contributed by atoms with Gasteiger partial charge in [-0.15, -0.1) is 0 Å². The van der Waals surface area contributed by atoms with Crippen molar-refractivity contribution in [3.8, 4) is 5.75 Å². The van der Waals surface area contributed by atoms with Gasteiger partial charge in [0, 0.05) is 0 Å². The van der Waals surface area contributed by atoms with E-state index in [9.17, 15) is 14.4 Å². The number of hydrogen-bond acceptors (Lipinski definition) is 4. The summed E-state index contributed by atoms with van der Waals surface area (Å²) in [6.07, 6.45) is 1.58. The maximum Gasteiger partial charge on any atom is 0.329 e. The number of methoxy groups -OCH3 is 1. The van der Waals surface area contributed by atoms with E-state index < -0.39 is 24.4 Å². The number of carbonyl (C=O) groups is 3. The second-order valence-corrected chi connectivity index (χ2v) is 6.04. The van der Waals surface area contributed by atoms with E-state index in [1.165, 1.54) is 7.11 Å². The molecule has 1 aliphatic rings. The molecule has 1 aliphatic heterocycles. The molecule has 2 N–H and O–H groups in total. The lowest BCUT2D eigenvalue weighted by Gasteiger charge is -2.13. The highest BCUT2D eigenvalue weighted by molar-refractivity contribution is 6.16. The third-order valence-electron chi connectivity index (χ3n) is 4.03. The number of aryl methyl sites for hydroxylation is 1. The molecule has 0 radical (unpaired) electrons. The number of nitrogens with one attached hydrogen (secondary N) is 2. The molecule has 3 rings (SSSR count). The monoisotopic (exact) mass is 365 g/mol. The van der Waals surface area contributed by atoms with Crippen LogP contribution >= 0.6 is 0 Å². The Balaban J connectivity index is 1.70. The number of anilines is 1. The van der Waals surface area contributed by atoms with Crippen LogP contribution in [0.3, 0.4) is 0 Å². The molecule has 27 heavy (non-hydrogen) atoms. The molecule has 4 amide bonds. The lowest BCUT2D eigenvalue weighted by molar-refractivity contribution is -0.127. The molecule has 2 aromatic rings. The van der Waals surface area contributed by atoms with Crippen molar-refractivity contribution in [2.75, 3.05) is 19.0 Å². The molecule has 1 saturated heterocycles. The molecule has 1 fully saturated rings. The Labute approximate surface area is 156 Å². The molecule has 7 heteroatoms. The summed E-state index contributed by atoms with van der Waals surface area (Å²) in [5.74, 6) is -0.557. The fraction of sp³-hybridized carbons (Fsp3) is 0.150. The molecule has 0 bridgehead atoms. The Morgan fingerprint density at radius 3 is 2.56 bits per heavy atom. The summed E-state index contributed by atoms with van der Waals surface area (Å²) in [5.41, 5.74) is 2.47. The molecular weight excluding hydrogens is 346 g/mol. The van der Waals surface area contributed by atoms with Crippen LogP contribution in [0.5, 0.6) is 5.75 Å². The first kappa shape index (κ1) is 18.2. The third-order valence-corrected chi connectivity index (χ3v) is 4.03. The summed E-state index contributed by atoms with van der Waals surface area (Å²) in [7, 11) is 1.49. The Kier molecular flexibility index (Phi) is 5.21. The lowest BCUT2D eigenvalue weighted by atomic mass is 10.1. The van der Waals surface area contributed by atoms with E-state index in [4.69, 9.17) is 4.74 Å². The number of hydrogen-bond donors (Lipinski definition) is 2. The van der Waals surface area contributed by atoms with Crippen LogP contribution in [0, 0.1) is 6.92 Å². The molecule has 138 valence electrons. The minimum absolute atomic E-state index is 0.133. The molecule has 2 aromatic carbocycles. The van der Waals surface area contributed by atoms with Gasteiger partial charge in [-0.3, -0.25) is 9.59 Å². The summed E-state index contributed by atoms with van der Waals surface area (Å²) in [6, 6.07) is 13.8. The van der Waals surface area contributed by atoms with Crippen molar-refractivity contribution in [1.29, 1.82) is 0 Å². The molecular formula is C20H19N3O4. The van der Waals surface area contributed by atoms with E-state index in [1.54, 1.807) is 30.3 Å². The van der Waals surface area contributed by atoms with Crippen LogP contribution in [0.2, 0.25) is 0 Å². The minimum atomic E-state index is -0.631. The van der Waals surface area contributed by atoms with Crippen molar-refractivity contribution in [2.45, 2.75) is 6.92 Å². The zero-order valence-electron chi connectivity index (χ0n) is 15.0. The quantitative estimate of drug-likeness (QED) is 0.630. The summed E-state index contributed by atoms with van der Waals surface area (Å²) in [5, 5.41) is 5.15. The van der Waals surface area contributed by atoms with Crippen molar-refractivity contribution >= 4 is 29.6 Å². The number of benzene rings is 2. The van der Waals surface area contributed by atoms with Crippen LogP contribution in [-0.2, 0) is 9.59 Å². The lowest BCUT2D eigenvalue weighted by Crippen LogP contribution is -2.38. The first-order valence-corrected chi connectivity index (χ1v) is 8.32. The van der Waals surface area contributed by atoms with Crippen molar-refractivity contribution in [3.63, 3.8) is 0 Å². The van der Waals surface area contributed by atoms with Gasteiger partial charge in [0.1, 0.15) is 18.0 Å². The predicted octanol–water partition coefficient (Wildman–Crippen LogP) is 2.54. The number of urea groups is 1. The van der Waals surface area contributed by atoms with Crippen molar-refractivity contribution in [2.24, 2.45) is 0 Å². The molecule has 7 nitrogen and oxygen atoms in total. The summed E-state index contributed by atoms with van der Waals surface area (Å²) >= 11 is 0. The highest BCUT2D eigenvalue weighted by Gasteiger charge is 2.34. The third kappa shape index (κ3) is 4.14.